The van der Waals surface area contributed by atoms with E-state index in [1.54, 1.807) is 0 Å². The van der Waals surface area contributed by atoms with E-state index in [1.807, 2.05) is 37.5 Å². The molecule has 1 aliphatic heterocycles. The average molecular weight is 540 g/mol. The molecule has 1 aromatic heterocycles. The lowest BCUT2D eigenvalue weighted by Crippen LogP contribution is -3.00. The lowest BCUT2D eigenvalue weighted by atomic mass is 10.0. The number of rotatable bonds is 22. The van der Waals surface area contributed by atoms with Gasteiger partial charge in [-0.2, -0.15) is 0 Å². The molecule has 2 unspecified atom stereocenters. The maximum atomic E-state index is 12.1. The minimum Gasteiger partial charge on any atom is -1.00 e. The number of aryl methyl sites for hydroxylation is 1. The Bertz CT molecular complexity index is 674. The SMILES string of the molecule is CCCCCCCCCCCCCCCCCC1(C)OCC(COC(=O)CCC[n+]2ccccc2)O1.[Cl-]. The molecule has 0 aromatic carbocycles. The number of esters is 1. The van der Waals surface area contributed by atoms with Crippen LogP contribution in [0.4, 0.5) is 0 Å². The largest absolute Gasteiger partial charge is 1.00 e. The predicted molar refractivity (Wildman–Crippen MR) is 146 cm³/mol. The van der Waals surface area contributed by atoms with Crippen molar-refractivity contribution in [2.24, 2.45) is 0 Å². The molecule has 214 valence electrons. The highest BCUT2D eigenvalue weighted by molar-refractivity contribution is 5.69. The fourth-order valence-corrected chi connectivity index (χ4v) is 4.97. The van der Waals surface area contributed by atoms with E-state index in [0.717, 1.165) is 25.8 Å². The van der Waals surface area contributed by atoms with E-state index >= 15 is 0 Å². The van der Waals surface area contributed by atoms with Crippen molar-refractivity contribution >= 4 is 5.97 Å². The van der Waals surface area contributed by atoms with Gasteiger partial charge in [-0.25, -0.2) is 4.57 Å². The van der Waals surface area contributed by atoms with Crippen molar-refractivity contribution < 1.29 is 36.0 Å². The number of pyridine rings is 1. The third-order valence-electron chi connectivity index (χ3n) is 7.23. The molecule has 1 aliphatic rings. The van der Waals surface area contributed by atoms with Crippen LogP contribution in [-0.2, 0) is 25.5 Å². The van der Waals surface area contributed by atoms with E-state index in [1.165, 1.54) is 89.9 Å². The molecule has 0 amide bonds. The fourth-order valence-electron chi connectivity index (χ4n) is 4.97. The van der Waals surface area contributed by atoms with Gasteiger partial charge in [0.1, 0.15) is 19.3 Å². The molecular formula is C31H54ClNO4. The quantitative estimate of drug-likeness (QED) is 0.122. The standard InChI is InChI=1S/C31H54NO4.ClH/c1-3-4-5-6-7-8-9-10-11-12-13-14-15-16-18-23-31(2)35-28-29(36-31)27-34-30(33)22-21-26-32-24-19-17-20-25-32;/h17,19-20,24-25,29H,3-16,18,21-23,26-28H2,1-2H3;1H/q+1;/p-1. The van der Waals surface area contributed by atoms with Crippen molar-refractivity contribution in [2.75, 3.05) is 13.2 Å². The van der Waals surface area contributed by atoms with Crippen LogP contribution in [0.15, 0.2) is 30.6 Å². The molecule has 1 saturated heterocycles. The Balaban J connectivity index is 0.00000684. The van der Waals surface area contributed by atoms with Gasteiger partial charge >= 0.3 is 5.97 Å². The fraction of sp³-hybridized carbons (Fsp3) is 0.806. The Morgan fingerprint density at radius 1 is 0.838 bits per heavy atom. The molecule has 0 aliphatic carbocycles. The molecule has 2 heterocycles. The van der Waals surface area contributed by atoms with Gasteiger partial charge in [-0.05, 0) is 13.3 Å². The molecule has 0 spiro atoms. The van der Waals surface area contributed by atoms with Gasteiger partial charge in [-0.3, -0.25) is 4.79 Å². The summed E-state index contributed by atoms with van der Waals surface area (Å²) in [6, 6.07) is 5.97. The monoisotopic (exact) mass is 539 g/mol. The first-order chi connectivity index (χ1) is 17.6. The first kappa shape index (κ1) is 33.9. The van der Waals surface area contributed by atoms with Gasteiger partial charge in [0.05, 0.1) is 13.0 Å². The molecule has 1 fully saturated rings. The smallest absolute Gasteiger partial charge is 0.306 e. The molecule has 2 rings (SSSR count). The Labute approximate surface area is 233 Å². The van der Waals surface area contributed by atoms with E-state index in [0.29, 0.717) is 13.0 Å². The number of nitrogens with zero attached hydrogens (tertiary/aromatic N) is 1. The van der Waals surface area contributed by atoms with E-state index < -0.39 is 5.79 Å². The number of carbonyl (C=O) groups excluding carboxylic acids is 1. The van der Waals surface area contributed by atoms with Gasteiger partial charge in [-0.1, -0.05) is 103 Å². The van der Waals surface area contributed by atoms with Gasteiger partial charge in [-0.15, -0.1) is 0 Å². The second kappa shape index (κ2) is 21.7. The summed E-state index contributed by atoms with van der Waals surface area (Å²) in [6.45, 7) is 5.91. The van der Waals surface area contributed by atoms with Gasteiger partial charge in [0.2, 0.25) is 0 Å². The zero-order chi connectivity index (χ0) is 25.7. The van der Waals surface area contributed by atoms with Gasteiger partial charge in [0.15, 0.2) is 18.2 Å². The average Bonchev–Trinajstić information content (AvgIpc) is 3.26. The predicted octanol–water partition coefficient (Wildman–Crippen LogP) is 4.69. The second-order valence-electron chi connectivity index (χ2n) is 10.8. The molecule has 0 N–H and O–H groups in total. The molecule has 5 nitrogen and oxygen atoms in total. The summed E-state index contributed by atoms with van der Waals surface area (Å²) in [6.07, 6.45) is 26.5. The highest BCUT2D eigenvalue weighted by Crippen LogP contribution is 2.29. The molecule has 0 bridgehead atoms. The van der Waals surface area contributed by atoms with Crippen molar-refractivity contribution in [2.45, 2.75) is 148 Å². The van der Waals surface area contributed by atoms with Gasteiger partial charge in [0, 0.05) is 25.0 Å². The zero-order valence-electron chi connectivity index (χ0n) is 23.8. The molecule has 6 heteroatoms. The van der Waals surface area contributed by atoms with Crippen LogP contribution in [0.1, 0.15) is 129 Å². The van der Waals surface area contributed by atoms with Crippen molar-refractivity contribution in [3.05, 3.63) is 30.6 Å². The molecule has 0 radical (unpaired) electrons. The van der Waals surface area contributed by atoms with Crippen molar-refractivity contribution in [3.8, 4) is 0 Å². The summed E-state index contributed by atoms with van der Waals surface area (Å²) in [5.74, 6) is -0.691. The molecule has 0 saturated carbocycles. The van der Waals surface area contributed by atoms with Crippen molar-refractivity contribution in [3.63, 3.8) is 0 Å². The maximum Gasteiger partial charge on any atom is 0.306 e. The lowest BCUT2D eigenvalue weighted by molar-refractivity contribution is -0.697. The molecule has 37 heavy (non-hydrogen) atoms. The van der Waals surface area contributed by atoms with Gasteiger partial charge < -0.3 is 26.6 Å². The van der Waals surface area contributed by atoms with Crippen LogP contribution in [0.3, 0.4) is 0 Å². The van der Waals surface area contributed by atoms with Gasteiger partial charge in [0.25, 0.3) is 0 Å². The Kier molecular flexibility index (Phi) is 19.9. The summed E-state index contributed by atoms with van der Waals surface area (Å²) in [5, 5.41) is 0. The molecular weight excluding hydrogens is 486 g/mol. The van der Waals surface area contributed by atoms with E-state index in [-0.39, 0.29) is 31.1 Å². The number of hydrogen-bond donors (Lipinski definition) is 0. The van der Waals surface area contributed by atoms with Crippen LogP contribution in [0, 0.1) is 0 Å². The highest BCUT2D eigenvalue weighted by atomic mass is 35.5. The van der Waals surface area contributed by atoms with E-state index in [4.69, 9.17) is 14.2 Å². The number of ether oxygens (including phenoxy) is 3. The maximum absolute atomic E-state index is 12.1. The first-order valence-corrected chi connectivity index (χ1v) is 15.0. The summed E-state index contributed by atoms with van der Waals surface area (Å²) >= 11 is 0. The first-order valence-electron chi connectivity index (χ1n) is 15.0. The third kappa shape index (κ3) is 17.1. The normalized spacial score (nSPS) is 19.0. The van der Waals surface area contributed by atoms with Crippen LogP contribution in [0.5, 0.6) is 0 Å². The van der Waals surface area contributed by atoms with Crippen LogP contribution >= 0.6 is 0 Å². The second-order valence-corrected chi connectivity index (χ2v) is 10.8. The topological polar surface area (TPSA) is 48.6 Å². The number of aromatic nitrogens is 1. The summed E-state index contributed by atoms with van der Waals surface area (Å²) in [7, 11) is 0. The number of hydrogen-bond acceptors (Lipinski definition) is 4. The van der Waals surface area contributed by atoms with Crippen LogP contribution < -0.4 is 17.0 Å². The Morgan fingerprint density at radius 3 is 1.95 bits per heavy atom. The highest BCUT2D eigenvalue weighted by Gasteiger charge is 2.37. The van der Waals surface area contributed by atoms with Crippen molar-refractivity contribution in [1.82, 2.24) is 0 Å². The van der Waals surface area contributed by atoms with E-state index in [2.05, 4.69) is 11.5 Å². The molecule has 1 aromatic rings. The van der Waals surface area contributed by atoms with Crippen LogP contribution in [0.25, 0.3) is 0 Å². The van der Waals surface area contributed by atoms with Crippen LogP contribution in [0.2, 0.25) is 0 Å². The van der Waals surface area contributed by atoms with Crippen LogP contribution in [-0.4, -0.2) is 31.1 Å². The lowest BCUT2D eigenvalue weighted by Gasteiger charge is -2.23. The number of halogens is 1. The summed E-state index contributed by atoms with van der Waals surface area (Å²) in [4.78, 5) is 12.1. The Hall–Kier alpha value is -1.17. The minimum absolute atomic E-state index is 0. The zero-order valence-corrected chi connectivity index (χ0v) is 24.5. The minimum atomic E-state index is -0.530. The summed E-state index contributed by atoms with van der Waals surface area (Å²) in [5.41, 5.74) is 0. The summed E-state index contributed by atoms with van der Waals surface area (Å²) < 4.78 is 19.5. The molecule has 2 atom stereocenters. The van der Waals surface area contributed by atoms with E-state index in [9.17, 15) is 4.79 Å². The third-order valence-corrected chi connectivity index (χ3v) is 7.23. The van der Waals surface area contributed by atoms with Crippen molar-refractivity contribution in [1.29, 1.82) is 0 Å². The number of carbonyl (C=O) groups is 1. The Morgan fingerprint density at radius 2 is 1.38 bits per heavy atom. The number of unbranched alkanes of at least 4 members (excludes halogenated alkanes) is 14.